The lowest BCUT2D eigenvalue weighted by atomic mass is 9.95. The van der Waals surface area contributed by atoms with Gasteiger partial charge in [0, 0.05) is 18.3 Å². The number of nitriles is 1. The molecule has 1 aliphatic carbocycles. The molecule has 16 heavy (non-hydrogen) atoms. The second kappa shape index (κ2) is 4.57. The van der Waals surface area contributed by atoms with Gasteiger partial charge in [0.1, 0.15) is 0 Å². The summed E-state index contributed by atoms with van der Waals surface area (Å²) >= 11 is 0. The zero-order chi connectivity index (χ0) is 11.5. The standard InChI is InChI=1S/C14H18N2/c1-11-5-4-8-16(11)12(2)14-7-3-6-13(9-14)10-15/h3,7,9,11,13H,2,4-6,8H2,1H3. The van der Waals surface area contributed by atoms with Crippen molar-refractivity contribution >= 4 is 0 Å². The molecule has 2 rings (SSSR count). The summed E-state index contributed by atoms with van der Waals surface area (Å²) in [5.74, 6) is 0.0228. The van der Waals surface area contributed by atoms with E-state index in [4.69, 9.17) is 5.26 Å². The highest BCUT2D eigenvalue weighted by molar-refractivity contribution is 5.41. The highest BCUT2D eigenvalue weighted by Crippen LogP contribution is 2.28. The van der Waals surface area contributed by atoms with Crippen molar-refractivity contribution in [2.45, 2.75) is 32.2 Å². The minimum absolute atomic E-state index is 0.0228. The maximum atomic E-state index is 8.94. The van der Waals surface area contributed by atoms with Crippen molar-refractivity contribution in [3.05, 3.63) is 36.1 Å². The van der Waals surface area contributed by atoms with Gasteiger partial charge >= 0.3 is 0 Å². The summed E-state index contributed by atoms with van der Waals surface area (Å²) in [6, 6.07) is 2.89. The Kier molecular flexibility index (Phi) is 3.14. The number of nitrogens with zero attached hydrogens (tertiary/aromatic N) is 2. The Labute approximate surface area is 97.6 Å². The van der Waals surface area contributed by atoms with E-state index in [0.29, 0.717) is 6.04 Å². The summed E-state index contributed by atoms with van der Waals surface area (Å²) < 4.78 is 0. The van der Waals surface area contributed by atoms with Gasteiger partial charge in [0.2, 0.25) is 0 Å². The summed E-state index contributed by atoms with van der Waals surface area (Å²) in [6.45, 7) is 7.52. The smallest absolute Gasteiger partial charge is 0.0701 e. The van der Waals surface area contributed by atoms with Crippen molar-refractivity contribution in [3.8, 4) is 6.07 Å². The molecular formula is C14H18N2. The van der Waals surface area contributed by atoms with E-state index in [1.807, 2.05) is 6.08 Å². The van der Waals surface area contributed by atoms with Crippen molar-refractivity contribution < 1.29 is 0 Å². The van der Waals surface area contributed by atoms with Gasteiger partial charge in [-0.1, -0.05) is 24.8 Å². The average molecular weight is 214 g/mol. The second-order valence-corrected chi connectivity index (χ2v) is 4.63. The molecule has 2 aliphatic rings. The molecule has 2 heteroatoms. The summed E-state index contributed by atoms with van der Waals surface area (Å²) in [4.78, 5) is 2.36. The molecule has 1 saturated heterocycles. The third kappa shape index (κ3) is 2.04. The third-order valence-corrected chi connectivity index (χ3v) is 3.47. The highest BCUT2D eigenvalue weighted by atomic mass is 15.2. The summed E-state index contributed by atoms with van der Waals surface area (Å²) in [7, 11) is 0. The van der Waals surface area contributed by atoms with Crippen molar-refractivity contribution in [3.63, 3.8) is 0 Å². The largest absolute Gasteiger partial charge is 0.369 e. The van der Waals surface area contributed by atoms with Crippen LogP contribution in [0.3, 0.4) is 0 Å². The van der Waals surface area contributed by atoms with Crippen LogP contribution in [-0.4, -0.2) is 17.5 Å². The Balaban J connectivity index is 2.13. The molecule has 0 aromatic rings. The van der Waals surface area contributed by atoms with Gasteiger partial charge in [0.05, 0.1) is 12.0 Å². The summed E-state index contributed by atoms with van der Waals surface area (Å²) in [5, 5.41) is 8.94. The maximum absolute atomic E-state index is 8.94. The topological polar surface area (TPSA) is 27.0 Å². The normalized spacial score (nSPS) is 28.8. The van der Waals surface area contributed by atoms with Gasteiger partial charge in [-0.05, 0) is 31.8 Å². The van der Waals surface area contributed by atoms with E-state index in [2.05, 4.69) is 36.6 Å². The Morgan fingerprint density at radius 1 is 1.62 bits per heavy atom. The Morgan fingerprint density at radius 2 is 2.44 bits per heavy atom. The van der Waals surface area contributed by atoms with Gasteiger partial charge in [-0.2, -0.15) is 5.26 Å². The molecule has 2 nitrogen and oxygen atoms in total. The SMILES string of the molecule is C=C(C1=CC(C#N)CC=C1)N1CCCC1C. The molecule has 0 aromatic heterocycles. The molecule has 84 valence electrons. The first-order valence-corrected chi connectivity index (χ1v) is 5.96. The van der Waals surface area contributed by atoms with Crippen molar-refractivity contribution in [1.29, 1.82) is 5.26 Å². The Hall–Kier alpha value is -1.49. The number of likely N-dealkylation sites (tertiary alicyclic amines) is 1. The number of hydrogen-bond donors (Lipinski definition) is 0. The number of hydrogen-bond acceptors (Lipinski definition) is 2. The molecule has 2 atom stereocenters. The molecular weight excluding hydrogens is 196 g/mol. The predicted molar refractivity (Wildman–Crippen MR) is 65.5 cm³/mol. The molecule has 1 fully saturated rings. The maximum Gasteiger partial charge on any atom is 0.0701 e. The molecule has 0 aromatic carbocycles. The first-order chi connectivity index (χ1) is 7.72. The predicted octanol–water partition coefficient (Wildman–Crippen LogP) is 3.01. The van der Waals surface area contributed by atoms with Crippen molar-refractivity contribution in [2.75, 3.05) is 6.54 Å². The van der Waals surface area contributed by atoms with Crippen molar-refractivity contribution in [1.82, 2.24) is 4.90 Å². The van der Waals surface area contributed by atoms with Crippen LogP contribution in [0.1, 0.15) is 26.2 Å². The van der Waals surface area contributed by atoms with Gasteiger partial charge in [-0.15, -0.1) is 0 Å². The fourth-order valence-corrected chi connectivity index (χ4v) is 2.46. The fourth-order valence-electron chi connectivity index (χ4n) is 2.46. The lowest BCUT2D eigenvalue weighted by Gasteiger charge is -2.27. The van der Waals surface area contributed by atoms with Gasteiger partial charge in [-0.25, -0.2) is 0 Å². The van der Waals surface area contributed by atoms with Gasteiger partial charge in [0.15, 0.2) is 0 Å². The third-order valence-electron chi connectivity index (χ3n) is 3.47. The molecule has 2 unspecified atom stereocenters. The van der Waals surface area contributed by atoms with Crippen LogP contribution in [0.5, 0.6) is 0 Å². The lowest BCUT2D eigenvalue weighted by Crippen LogP contribution is -2.26. The molecule has 0 saturated carbocycles. The van der Waals surface area contributed by atoms with E-state index in [-0.39, 0.29) is 5.92 Å². The highest BCUT2D eigenvalue weighted by Gasteiger charge is 2.23. The molecule has 0 amide bonds. The minimum Gasteiger partial charge on any atom is -0.369 e. The van der Waals surface area contributed by atoms with Crippen LogP contribution < -0.4 is 0 Å². The van der Waals surface area contributed by atoms with Crippen LogP contribution in [-0.2, 0) is 0 Å². The van der Waals surface area contributed by atoms with E-state index in [9.17, 15) is 0 Å². The first-order valence-electron chi connectivity index (χ1n) is 5.96. The van der Waals surface area contributed by atoms with Crippen LogP contribution in [0, 0.1) is 17.2 Å². The van der Waals surface area contributed by atoms with E-state index in [0.717, 1.165) is 24.2 Å². The summed E-state index contributed by atoms with van der Waals surface area (Å²) in [5.41, 5.74) is 2.22. The molecule has 0 radical (unpaired) electrons. The van der Waals surface area contributed by atoms with Gasteiger partial charge in [0.25, 0.3) is 0 Å². The minimum atomic E-state index is 0.0228. The molecule has 1 heterocycles. The molecule has 0 N–H and O–H groups in total. The van der Waals surface area contributed by atoms with Crippen LogP contribution in [0.2, 0.25) is 0 Å². The molecule has 0 spiro atoms. The van der Waals surface area contributed by atoms with E-state index < -0.39 is 0 Å². The Bertz CT molecular complexity index is 384. The second-order valence-electron chi connectivity index (χ2n) is 4.63. The molecule has 1 aliphatic heterocycles. The quantitative estimate of drug-likeness (QED) is 0.706. The van der Waals surface area contributed by atoms with Crippen LogP contribution in [0.4, 0.5) is 0 Å². The zero-order valence-electron chi connectivity index (χ0n) is 9.82. The Morgan fingerprint density at radius 3 is 3.06 bits per heavy atom. The summed E-state index contributed by atoms with van der Waals surface area (Å²) in [6.07, 6.45) is 9.56. The van der Waals surface area contributed by atoms with Gasteiger partial charge < -0.3 is 4.90 Å². The van der Waals surface area contributed by atoms with Crippen molar-refractivity contribution in [2.24, 2.45) is 5.92 Å². The first kappa shape index (κ1) is 11.0. The average Bonchev–Trinajstić information content (AvgIpc) is 2.74. The van der Waals surface area contributed by atoms with Crippen LogP contribution in [0.25, 0.3) is 0 Å². The van der Waals surface area contributed by atoms with E-state index in [1.54, 1.807) is 0 Å². The zero-order valence-corrected chi connectivity index (χ0v) is 9.82. The van der Waals surface area contributed by atoms with Gasteiger partial charge in [-0.3, -0.25) is 0 Å². The monoisotopic (exact) mass is 214 g/mol. The van der Waals surface area contributed by atoms with E-state index >= 15 is 0 Å². The van der Waals surface area contributed by atoms with E-state index in [1.165, 1.54) is 12.8 Å². The lowest BCUT2D eigenvalue weighted by molar-refractivity contribution is 0.348. The van der Waals surface area contributed by atoms with Crippen LogP contribution >= 0.6 is 0 Å². The van der Waals surface area contributed by atoms with Crippen LogP contribution in [0.15, 0.2) is 36.1 Å². The number of allylic oxidation sites excluding steroid dienone is 3. The fraction of sp³-hybridized carbons (Fsp3) is 0.500. The molecule has 0 bridgehead atoms. The number of rotatable bonds is 2.